The lowest BCUT2D eigenvalue weighted by Crippen LogP contribution is -2.00. The van der Waals surface area contributed by atoms with E-state index in [0.717, 1.165) is 0 Å². The van der Waals surface area contributed by atoms with Gasteiger partial charge in [-0.3, -0.25) is 0 Å². The predicted molar refractivity (Wildman–Crippen MR) is 46.5 cm³/mol. The highest BCUT2D eigenvalue weighted by atomic mass is 35.5. The molecule has 1 aromatic carbocycles. The largest absolute Gasteiger partial charge is 0.506 e. The van der Waals surface area contributed by atoms with E-state index in [1.165, 1.54) is 13.0 Å². The second kappa shape index (κ2) is 3.14. The Kier molecular flexibility index (Phi) is 2.34. The number of phenolic OH excluding ortho intramolecular Hbond substituents is 1. The fraction of sp³-hybridized carbons (Fsp3) is 0.125. The van der Waals surface area contributed by atoms with Crippen molar-refractivity contribution in [1.82, 2.24) is 0 Å². The molecule has 13 heavy (non-hydrogen) atoms. The first-order valence-electron chi connectivity index (χ1n) is 3.39. The fourth-order valence-electron chi connectivity index (χ4n) is 1.03. The van der Waals surface area contributed by atoms with Crippen molar-refractivity contribution < 1.29 is 20.1 Å². The van der Waals surface area contributed by atoms with E-state index in [-0.39, 0.29) is 21.9 Å². The van der Waals surface area contributed by atoms with Crippen LogP contribution in [0.1, 0.15) is 15.9 Å². The van der Waals surface area contributed by atoms with Gasteiger partial charge in [0, 0.05) is 0 Å². The van der Waals surface area contributed by atoms with Gasteiger partial charge in [-0.25, -0.2) is 4.79 Å². The van der Waals surface area contributed by atoms with Crippen LogP contribution in [0, 0.1) is 6.92 Å². The fourth-order valence-corrected chi connectivity index (χ4v) is 1.18. The summed E-state index contributed by atoms with van der Waals surface area (Å²) in [5.74, 6) is -2.22. The van der Waals surface area contributed by atoms with Crippen LogP contribution < -0.4 is 0 Å². The van der Waals surface area contributed by atoms with E-state index in [9.17, 15) is 9.90 Å². The standard InChI is InChI=1S/C8H7ClO4/c1-3-2-4(10)6(9)7(11)5(3)8(12)13/h2,10-11H,1H3,(H,12,13). The van der Waals surface area contributed by atoms with E-state index in [1.54, 1.807) is 0 Å². The van der Waals surface area contributed by atoms with E-state index in [4.69, 9.17) is 21.8 Å². The van der Waals surface area contributed by atoms with Gasteiger partial charge >= 0.3 is 5.97 Å². The summed E-state index contributed by atoms with van der Waals surface area (Å²) in [6.07, 6.45) is 0. The lowest BCUT2D eigenvalue weighted by Gasteiger charge is -2.06. The Hall–Kier alpha value is -1.42. The lowest BCUT2D eigenvalue weighted by atomic mass is 10.1. The second-order valence-electron chi connectivity index (χ2n) is 2.56. The van der Waals surface area contributed by atoms with Gasteiger partial charge in [0.15, 0.2) is 5.75 Å². The number of rotatable bonds is 1. The highest BCUT2D eigenvalue weighted by Crippen LogP contribution is 2.37. The normalized spacial score (nSPS) is 10.0. The Morgan fingerprint density at radius 1 is 1.46 bits per heavy atom. The van der Waals surface area contributed by atoms with Crippen molar-refractivity contribution in [3.8, 4) is 11.5 Å². The van der Waals surface area contributed by atoms with Gasteiger partial charge < -0.3 is 15.3 Å². The summed E-state index contributed by atoms with van der Waals surface area (Å²) in [5, 5.41) is 26.7. The molecule has 0 spiro atoms. The van der Waals surface area contributed by atoms with Crippen molar-refractivity contribution >= 4 is 17.6 Å². The topological polar surface area (TPSA) is 77.8 Å². The minimum absolute atomic E-state index is 0.256. The quantitative estimate of drug-likeness (QED) is 0.649. The maximum absolute atomic E-state index is 10.6. The van der Waals surface area contributed by atoms with Gasteiger partial charge in [0.1, 0.15) is 16.3 Å². The van der Waals surface area contributed by atoms with E-state index >= 15 is 0 Å². The molecule has 0 aliphatic heterocycles. The molecule has 5 heteroatoms. The molecular weight excluding hydrogens is 196 g/mol. The highest BCUT2D eigenvalue weighted by Gasteiger charge is 2.18. The summed E-state index contributed by atoms with van der Waals surface area (Å²) < 4.78 is 0. The molecule has 0 amide bonds. The minimum atomic E-state index is -1.28. The molecule has 0 aromatic heterocycles. The van der Waals surface area contributed by atoms with Crippen molar-refractivity contribution in [2.24, 2.45) is 0 Å². The number of hydrogen-bond acceptors (Lipinski definition) is 3. The van der Waals surface area contributed by atoms with Crippen LogP contribution in [0.25, 0.3) is 0 Å². The Morgan fingerprint density at radius 3 is 2.46 bits per heavy atom. The van der Waals surface area contributed by atoms with Crippen molar-refractivity contribution in [3.63, 3.8) is 0 Å². The summed E-state index contributed by atoms with van der Waals surface area (Å²) in [5.41, 5.74) is -0.0327. The molecule has 0 fully saturated rings. The third-order valence-corrected chi connectivity index (χ3v) is 2.00. The third kappa shape index (κ3) is 1.53. The summed E-state index contributed by atoms with van der Waals surface area (Å²) >= 11 is 5.44. The number of aromatic hydroxyl groups is 2. The number of hydrogen-bond donors (Lipinski definition) is 3. The summed E-state index contributed by atoms with van der Waals surface area (Å²) in [4.78, 5) is 10.6. The van der Waals surface area contributed by atoms with Crippen molar-refractivity contribution in [2.75, 3.05) is 0 Å². The van der Waals surface area contributed by atoms with Crippen LogP contribution in [-0.2, 0) is 0 Å². The van der Waals surface area contributed by atoms with Gasteiger partial charge in [-0.05, 0) is 18.6 Å². The molecule has 0 aliphatic carbocycles. The molecule has 0 atom stereocenters. The Balaban J connectivity index is 3.53. The second-order valence-corrected chi connectivity index (χ2v) is 2.93. The van der Waals surface area contributed by atoms with Crippen LogP contribution in [0.4, 0.5) is 0 Å². The number of carbonyl (C=O) groups is 1. The average molecular weight is 203 g/mol. The molecule has 0 saturated heterocycles. The minimum Gasteiger partial charge on any atom is -0.506 e. The molecule has 0 radical (unpaired) electrons. The Labute approximate surface area is 79.0 Å². The predicted octanol–water partition coefficient (Wildman–Crippen LogP) is 1.76. The molecule has 0 saturated carbocycles. The number of carboxylic acid groups (broad SMARTS) is 1. The number of halogens is 1. The van der Waals surface area contributed by atoms with Gasteiger partial charge in [0.2, 0.25) is 0 Å². The lowest BCUT2D eigenvalue weighted by molar-refractivity contribution is 0.0693. The van der Waals surface area contributed by atoms with E-state index in [0.29, 0.717) is 0 Å². The van der Waals surface area contributed by atoms with Crippen molar-refractivity contribution in [3.05, 3.63) is 22.2 Å². The maximum atomic E-state index is 10.6. The summed E-state index contributed by atoms with van der Waals surface area (Å²) in [7, 11) is 0. The average Bonchev–Trinajstić information content (AvgIpc) is 1.99. The first kappa shape index (κ1) is 9.67. The van der Waals surface area contributed by atoms with Crippen LogP contribution in [-0.4, -0.2) is 21.3 Å². The van der Waals surface area contributed by atoms with Gasteiger partial charge in [-0.1, -0.05) is 11.6 Å². The van der Waals surface area contributed by atoms with Crippen molar-refractivity contribution in [1.29, 1.82) is 0 Å². The van der Waals surface area contributed by atoms with Gasteiger partial charge in [-0.2, -0.15) is 0 Å². The van der Waals surface area contributed by atoms with E-state index < -0.39 is 11.7 Å². The van der Waals surface area contributed by atoms with E-state index in [2.05, 4.69) is 0 Å². The number of phenols is 2. The molecular formula is C8H7ClO4. The first-order chi connectivity index (χ1) is 5.95. The molecule has 0 unspecified atom stereocenters. The Morgan fingerprint density at radius 2 is 2.00 bits per heavy atom. The molecule has 1 rings (SSSR count). The molecule has 0 bridgehead atoms. The first-order valence-corrected chi connectivity index (χ1v) is 3.77. The summed E-state index contributed by atoms with van der Waals surface area (Å²) in [6, 6.07) is 1.19. The van der Waals surface area contributed by atoms with Crippen molar-refractivity contribution in [2.45, 2.75) is 6.92 Å². The SMILES string of the molecule is Cc1cc(O)c(Cl)c(O)c1C(=O)O. The zero-order chi connectivity index (χ0) is 10.2. The highest BCUT2D eigenvalue weighted by molar-refractivity contribution is 6.34. The number of aromatic carboxylic acids is 1. The third-order valence-electron chi connectivity index (χ3n) is 1.63. The van der Waals surface area contributed by atoms with Gasteiger partial charge in [0.05, 0.1) is 0 Å². The molecule has 3 N–H and O–H groups in total. The number of carboxylic acids is 1. The zero-order valence-electron chi connectivity index (χ0n) is 6.71. The molecule has 70 valence electrons. The summed E-state index contributed by atoms with van der Waals surface area (Å²) in [6.45, 7) is 1.46. The zero-order valence-corrected chi connectivity index (χ0v) is 7.46. The monoisotopic (exact) mass is 202 g/mol. The number of benzene rings is 1. The van der Waals surface area contributed by atoms with Crippen LogP contribution in [0.2, 0.25) is 5.02 Å². The van der Waals surface area contributed by atoms with Gasteiger partial charge in [-0.15, -0.1) is 0 Å². The molecule has 0 aliphatic rings. The molecule has 4 nitrogen and oxygen atoms in total. The van der Waals surface area contributed by atoms with Crippen LogP contribution in [0.3, 0.4) is 0 Å². The van der Waals surface area contributed by atoms with Gasteiger partial charge in [0.25, 0.3) is 0 Å². The maximum Gasteiger partial charge on any atom is 0.339 e. The smallest absolute Gasteiger partial charge is 0.339 e. The Bertz CT molecular complexity index is 373. The van der Waals surface area contributed by atoms with Crippen LogP contribution in [0.15, 0.2) is 6.07 Å². The molecule has 0 heterocycles. The molecule has 1 aromatic rings. The van der Waals surface area contributed by atoms with E-state index in [1.807, 2.05) is 0 Å². The van der Waals surface area contributed by atoms with Crippen LogP contribution >= 0.6 is 11.6 Å². The van der Waals surface area contributed by atoms with Crippen LogP contribution in [0.5, 0.6) is 11.5 Å². The number of aryl methyl sites for hydroxylation is 1.